The number of benzene rings is 3. The molecule has 0 aliphatic rings. The molecule has 0 aliphatic heterocycles. The zero-order chi connectivity index (χ0) is 30.2. The lowest BCUT2D eigenvalue weighted by Gasteiger charge is -2.35. The fourth-order valence-corrected chi connectivity index (χ4v) is 4.56. The number of carbonyl (C=O) groups excluding carboxylic acids is 3. The minimum Gasteiger partial charge on any atom is -0.444 e. The highest BCUT2D eigenvalue weighted by Gasteiger charge is 2.37. The van der Waals surface area contributed by atoms with Gasteiger partial charge in [-0.2, -0.15) is 0 Å². The number of amides is 3. The molecule has 3 unspecified atom stereocenters. The lowest BCUT2D eigenvalue weighted by atomic mass is 9.95. The average Bonchev–Trinajstić information content (AvgIpc) is 2.94. The van der Waals surface area contributed by atoms with E-state index >= 15 is 0 Å². The standard InChI is InChI=1S/C34H41N3O4/c1-8-20-37(32(39)29(23(4)9-2)36-33(40)41-34(5,6)7)30(27-17-13-14-24(10-3)21-27)31(38)35-28-19-18-25-15-11-12-16-26(25)22-28/h8,10-19,21-23,29-30H,1,3,9,20H2,2,4-7H3,(H,35,38)(H,36,40). The molecule has 216 valence electrons. The first-order valence-corrected chi connectivity index (χ1v) is 13.9. The van der Waals surface area contributed by atoms with Crippen LogP contribution in [0.5, 0.6) is 0 Å². The Morgan fingerprint density at radius 1 is 0.976 bits per heavy atom. The van der Waals surface area contributed by atoms with Crippen LogP contribution in [0.2, 0.25) is 0 Å². The third-order valence-electron chi connectivity index (χ3n) is 6.80. The van der Waals surface area contributed by atoms with Crippen LogP contribution >= 0.6 is 0 Å². The predicted molar refractivity (Wildman–Crippen MR) is 166 cm³/mol. The van der Waals surface area contributed by atoms with E-state index in [0.717, 1.165) is 16.3 Å². The second kappa shape index (κ2) is 13.8. The van der Waals surface area contributed by atoms with E-state index in [1.807, 2.05) is 74.5 Å². The van der Waals surface area contributed by atoms with Crippen LogP contribution in [0.4, 0.5) is 10.5 Å². The summed E-state index contributed by atoms with van der Waals surface area (Å²) in [5, 5.41) is 7.81. The molecule has 0 aliphatic carbocycles. The molecule has 0 radical (unpaired) electrons. The first-order chi connectivity index (χ1) is 19.5. The molecule has 0 saturated carbocycles. The van der Waals surface area contributed by atoms with Crippen molar-refractivity contribution in [1.29, 1.82) is 0 Å². The third-order valence-corrected chi connectivity index (χ3v) is 6.80. The van der Waals surface area contributed by atoms with Crippen LogP contribution in [0.15, 0.2) is 86.0 Å². The zero-order valence-electron chi connectivity index (χ0n) is 24.6. The Balaban J connectivity index is 2.05. The number of nitrogens with one attached hydrogen (secondary N) is 2. The summed E-state index contributed by atoms with van der Waals surface area (Å²) in [5.41, 5.74) is 1.29. The summed E-state index contributed by atoms with van der Waals surface area (Å²) in [4.78, 5) is 42.5. The molecule has 3 rings (SSSR count). The Hall–Kier alpha value is -4.39. The van der Waals surface area contributed by atoms with Crippen LogP contribution in [0.1, 0.15) is 58.2 Å². The van der Waals surface area contributed by atoms with Crippen molar-refractivity contribution in [3.8, 4) is 0 Å². The van der Waals surface area contributed by atoms with E-state index in [1.54, 1.807) is 39.0 Å². The molecule has 0 aromatic heterocycles. The number of hydrogen-bond donors (Lipinski definition) is 2. The van der Waals surface area contributed by atoms with E-state index < -0.39 is 35.6 Å². The maximum Gasteiger partial charge on any atom is 0.408 e. The summed E-state index contributed by atoms with van der Waals surface area (Å²) in [6.07, 6.45) is 3.19. The largest absolute Gasteiger partial charge is 0.444 e. The van der Waals surface area contributed by atoms with Gasteiger partial charge in [0.1, 0.15) is 17.7 Å². The minimum atomic E-state index is -1.01. The zero-order valence-corrected chi connectivity index (χ0v) is 24.6. The molecular formula is C34H41N3O4. The second-order valence-corrected chi connectivity index (χ2v) is 11.1. The molecular weight excluding hydrogens is 514 g/mol. The molecule has 7 nitrogen and oxygen atoms in total. The van der Waals surface area contributed by atoms with Gasteiger partial charge in [0, 0.05) is 12.2 Å². The first kappa shape index (κ1) is 31.1. The van der Waals surface area contributed by atoms with Crippen LogP contribution in [-0.4, -0.2) is 41.0 Å². The summed E-state index contributed by atoms with van der Waals surface area (Å²) in [7, 11) is 0. The van der Waals surface area contributed by atoms with Gasteiger partial charge in [-0.05, 0) is 66.8 Å². The Labute approximate surface area is 243 Å². The molecule has 41 heavy (non-hydrogen) atoms. The third kappa shape index (κ3) is 8.30. The van der Waals surface area contributed by atoms with Gasteiger partial charge in [0.15, 0.2) is 0 Å². The number of hydrogen-bond acceptors (Lipinski definition) is 4. The average molecular weight is 556 g/mol. The summed E-state index contributed by atoms with van der Waals surface area (Å²) in [6.45, 7) is 16.9. The van der Waals surface area contributed by atoms with Gasteiger partial charge in [-0.1, -0.05) is 87.5 Å². The number of carbonyl (C=O) groups is 3. The van der Waals surface area contributed by atoms with Crippen molar-refractivity contribution in [2.24, 2.45) is 5.92 Å². The van der Waals surface area contributed by atoms with Crippen LogP contribution in [0, 0.1) is 5.92 Å². The summed E-state index contributed by atoms with van der Waals surface area (Å²) in [6, 6.07) is 19.0. The summed E-state index contributed by atoms with van der Waals surface area (Å²) >= 11 is 0. The molecule has 3 aromatic rings. The van der Waals surface area contributed by atoms with Crippen molar-refractivity contribution >= 4 is 40.4 Å². The highest BCUT2D eigenvalue weighted by atomic mass is 16.6. The molecule has 3 amide bonds. The number of anilines is 1. The minimum absolute atomic E-state index is 0.0793. The van der Waals surface area contributed by atoms with Crippen molar-refractivity contribution in [2.75, 3.05) is 11.9 Å². The molecule has 3 aromatic carbocycles. The fourth-order valence-electron chi connectivity index (χ4n) is 4.56. The Kier molecular flexibility index (Phi) is 10.5. The number of ether oxygens (including phenoxy) is 1. The van der Waals surface area contributed by atoms with Crippen molar-refractivity contribution in [1.82, 2.24) is 10.2 Å². The smallest absolute Gasteiger partial charge is 0.408 e. The van der Waals surface area contributed by atoms with Crippen LogP contribution in [0.3, 0.4) is 0 Å². The number of nitrogens with zero attached hydrogens (tertiary/aromatic N) is 1. The van der Waals surface area contributed by atoms with E-state index in [0.29, 0.717) is 17.7 Å². The van der Waals surface area contributed by atoms with Gasteiger partial charge in [0.05, 0.1) is 0 Å². The van der Waals surface area contributed by atoms with Gasteiger partial charge < -0.3 is 20.3 Å². The Morgan fingerprint density at radius 3 is 2.32 bits per heavy atom. The van der Waals surface area contributed by atoms with Crippen molar-refractivity contribution in [3.05, 3.63) is 97.1 Å². The van der Waals surface area contributed by atoms with Crippen LogP contribution in [-0.2, 0) is 14.3 Å². The van der Waals surface area contributed by atoms with Gasteiger partial charge in [-0.3, -0.25) is 9.59 Å². The monoisotopic (exact) mass is 555 g/mol. The number of alkyl carbamates (subject to hydrolysis) is 1. The quantitative estimate of drug-likeness (QED) is 0.247. The number of fused-ring (bicyclic) bond motifs is 1. The predicted octanol–water partition coefficient (Wildman–Crippen LogP) is 7.12. The molecule has 0 spiro atoms. The molecule has 3 atom stereocenters. The highest BCUT2D eigenvalue weighted by molar-refractivity contribution is 6.00. The normalized spacial score (nSPS) is 13.4. The molecule has 2 N–H and O–H groups in total. The van der Waals surface area contributed by atoms with E-state index in [9.17, 15) is 14.4 Å². The van der Waals surface area contributed by atoms with Crippen molar-refractivity contribution in [3.63, 3.8) is 0 Å². The second-order valence-electron chi connectivity index (χ2n) is 11.1. The van der Waals surface area contributed by atoms with Gasteiger partial charge in [-0.15, -0.1) is 6.58 Å². The fraction of sp³-hybridized carbons (Fsp3) is 0.324. The van der Waals surface area contributed by atoms with Crippen LogP contribution in [0.25, 0.3) is 16.8 Å². The van der Waals surface area contributed by atoms with Crippen molar-refractivity contribution < 1.29 is 19.1 Å². The van der Waals surface area contributed by atoms with E-state index in [-0.39, 0.29) is 12.5 Å². The van der Waals surface area contributed by atoms with Gasteiger partial charge in [0.2, 0.25) is 5.91 Å². The van der Waals surface area contributed by atoms with Crippen LogP contribution < -0.4 is 10.6 Å². The summed E-state index contributed by atoms with van der Waals surface area (Å²) in [5.74, 6) is -1.03. The number of rotatable bonds is 11. The SMILES string of the molecule is C=CCN(C(=O)C(NC(=O)OC(C)(C)C)C(C)CC)C(C(=O)Nc1ccc2ccccc2c1)c1cccc(C=C)c1. The maximum absolute atomic E-state index is 14.2. The van der Waals surface area contributed by atoms with Gasteiger partial charge in [-0.25, -0.2) is 4.79 Å². The van der Waals surface area contributed by atoms with Crippen molar-refractivity contribution in [2.45, 2.75) is 58.7 Å². The van der Waals surface area contributed by atoms with E-state index in [4.69, 9.17) is 4.74 Å². The lowest BCUT2D eigenvalue weighted by Crippen LogP contribution is -2.54. The lowest BCUT2D eigenvalue weighted by molar-refractivity contribution is -0.141. The molecule has 0 bridgehead atoms. The maximum atomic E-state index is 14.2. The Bertz CT molecular complexity index is 1410. The van der Waals surface area contributed by atoms with E-state index in [2.05, 4.69) is 23.8 Å². The van der Waals surface area contributed by atoms with Gasteiger partial charge >= 0.3 is 6.09 Å². The van der Waals surface area contributed by atoms with Gasteiger partial charge in [0.25, 0.3) is 5.91 Å². The molecule has 0 saturated heterocycles. The topological polar surface area (TPSA) is 87.7 Å². The Morgan fingerprint density at radius 2 is 1.68 bits per heavy atom. The van der Waals surface area contributed by atoms with E-state index in [1.165, 1.54) is 4.90 Å². The first-order valence-electron chi connectivity index (χ1n) is 13.9. The molecule has 0 heterocycles. The molecule has 0 fully saturated rings. The molecule has 7 heteroatoms. The highest BCUT2D eigenvalue weighted by Crippen LogP contribution is 2.28. The summed E-state index contributed by atoms with van der Waals surface area (Å²) < 4.78 is 5.46.